The number of aromatic nitrogens is 4. The third kappa shape index (κ3) is 5.04. The van der Waals surface area contributed by atoms with Crippen molar-refractivity contribution in [3.8, 4) is 55.9 Å². The topological polar surface area (TPSA) is 64.7 Å². The van der Waals surface area contributed by atoms with Gasteiger partial charge in [-0.2, -0.15) is 0 Å². The first-order chi connectivity index (χ1) is 26.2. The fraction of sp³-hybridized carbons (Fsp3) is 0. The zero-order chi connectivity index (χ0) is 34.9. The summed E-state index contributed by atoms with van der Waals surface area (Å²) in [5, 5.41) is 5.47. The number of nitrogens with zero attached hydrogens (tertiary/aromatic N) is 4. The molecule has 0 N–H and O–H groups in total. The van der Waals surface area contributed by atoms with E-state index in [4.69, 9.17) is 24.4 Å². The van der Waals surface area contributed by atoms with Gasteiger partial charge in [0, 0.05) is 53.2 Å². The largest absolute Gasteiger partial charge is 0.456 e. The van der Waals surface area contributed by atoms with Crippen LogP contribution in [-0.4, -0.2) is 19.9 Å². The molecular formula is C46H26N4OS2. The molecule has 248 valence electrons. The molecule has 7 heteroatoms. The third-order valence-corrected chi connectivity index (χ3v) is 12.1. The minimum Gasteiger partial charge on any atom is -0.456 e. The highest BCUT2D eigenvalue weighted by atomic mass is 32.1. The average Bonchev–Trinajstić information content (AvgIpc) is 3.94. The Kier molecular flexibility index (Phi) is 6.83. The highest BCUT2D eigenvalue weighted by molar-refractivity contribution is 7.26. The lowest BCUT2D eigenvalue weighted by Crippen LogP contribution is -2.00. The van der Waals surface area contributed by atoms with E-state index in [2.05, 4.69) is 91.0 Å². The van der Waals surface area contributed by atoms with Crippen molar-refractivity contribution in [3.05, 3.63) is 158 Å². The fourth-order valence-electron chi connectivity index (χ4n) is 7.26. The van der Waals surface area contributed by atoms with Crippen molar-refractivity contribution in [2.24, 2.45) is 0 Å². The van der Waals surface area contributed by atoms with Gasteiger partial charge in [0.15, 0.2) is 17.5 Å². The van der Waals surface area contributed by atoms with Gasteiger partial charge in [-0.15, -0.1) is 22.7 Å². The first kappa shape index (κ1) is 30.1. The zero-order valence-electron chi connectivity index (χ0n) is 28.0. The lowest BCUT2D eigenvalue weighted by molar-refractivity contribution is 0.669. The minimum atomic E-state index is 0.617. The molecule has 0 unspecified atom stereocenters. The molecule has 0 aliphatic rings. The van der Waals surface area contributed by atoms with Crippen molar-refractivity contribution in [2.45, 2.75) is 0 Å². The molecule has 4 aromatic heterocycles. The number of para-hydroxylation sites is 2. The molecule has 0 fully saturated rings. The maximum absolute atomic E-state index is 6.13. The Hall–Kier alpha value is -6.54. The number of hydrogen-bond acceptors (Lipinski definition) is 7. The Morgan fingerprint density at radius 1 is 0.396 bits per heavy atom. The molecule has 11 aromatic rings. The normalized spacial score (nSPS) is 11.8. The van der Waals surface area contributed by atoms with E-state index >= 15 is 0 Å². The first-order valence-electron chi connectivity index (χ1n) is 17.4. The van der Waals surface area contributed by atoms with Crippen LogP contribution in [0.2, 0.25) is 0 Å². The second-order valence-corrected chi connectivity index (χ2v) is 15.1. The molecule has 4 heterocycles. The Labute approximate surface area is 311 Å². The predicted molar refractivity (Wildman–Crippen MR) is 220 cm³/mol. The Balaban J connectivity index is 1.06. The van der Waals surface area contributed by atoms with Crippen LogP contribution in [0.25, 0.3) is 108 Å². The van der Waals surface area contributed by atoms with Crippen LogP contribution < -0.4 is 0 Å². The monoisotopic (exact) mass is 714 g/mol. The quantitative estimate of drug-likeness (QED) is 0.178. The van der Waals surface area contributed by atoms with E-state index in [1.807, 2.05) is 78.1 Å². The summed E-state index contributed by atoms with van der Waals surface area (Å²) in [6, 6.07) is 54.6. The fourth-order valence-corrected chi connectivity index (χ4v) is 9.49. The van der Waals surface area contributed by atoms with E-state index in [1.165, 1.54) is 30.6 Å². The molecule has 5 nitrogen and oxygen atoms in total. The number of rotatable bonds is 5. The van der Waals surface area contributed by atoms with E-state index in [9.17, 15) is 0 Å². The lowest BCUT2D eigenvalue weighted by atomic mass is 9.99. The van der Waals surface area contributed by atoms with Crippen molar-refractivity contribution in [1.29, 1.82) is 0 Å². The van der Waals surface area contributed by atoms with Crippen molar-refractivity contribution in [3.63, 3.8) is 0 Å². The molecule has 0 spiro atoms. The number of thiazole rings is 1. The van der Waals surface area contributed by atoms with Crippen LogP contribution in [0.5, 0.6) is 0 Å². The van der Waals surface area contributed by atoms with Gasteiger partial charge in [0.05, 0.1) is 10.2 Å². The molecule has 11 rings (SSSR count). The predicted octanol–water partition coefficient (Wildman–Crippen LogP) is 13.1. The number of fused-ring (bicyclic) bond motifs is 7. The van der Waals surface area contributed by atoms with E-state index in [0.717, 1.165) is 60.1 Å². The summed E-state index contributed by atoms with van der Waals surface area (Å²) in [6.07, 6.45) is 0. The summed E-state index contributed by atoms with van der Waals surface area (Å²) < 4.78 is 9.75. The lowest BCUT2D eigenvalue weighted by Gasteiger charge is -2.10. The summed E-state index contributed by atoms with van der Waals surface area (Å²) in [4.78, 5) is 20.2. The molecule has 0 saturated carbocycles. The van der Waals surface area contributed by atoms with Crippen LogP contribution in [0.3, 0.4) is 0 Å². The Morgan fingerprint density at radius 2 is 1.06 bits per heavy atom. The van der Waals surface area contributed by atoms with Crippen molar-refractivity contribution in [1.82, 2.24) is 19.9 Å². The number of benzene rings is 7. The summed E-state index contributed by atoms with van der Waals surface area (Å²) in [5.41, 5.74) is 9.06. The molecule has 0 radical (unpaired) electrons. The van der Waals surface area contributed by atoms with Crippen molar-refractivity contribution >= 4 is 75.0 Å². The highest BCUT2D eigenvalue weighted by Gasteiger charge is 2.19. The van der Waals surface area contributed by atoms with Crippen LogP contribution in [0.1, 0.15) is 0 Å². The summed E-state index contributed by atoms with van der Waals surface area (Å²) in [5.74, 6) is 1.89. The van der Waals surface area contributed by atoms with Gasteiger partial charge >= 0.3 is 0 Å². The summed E-state index contributed by atoms with van der Waals surface area (Å²) in [6.45, 7) is 0. The molecule has 0 atom stereocenters. The molecular weight excluding hydrogens is 689 g/mol. The van der Waals surface area contributed by atoms with E-state index < -0.39 is 0 Å². The SMILES string of the molecule is c1ccc(-c2nc(-c3ccc4oc5ccccc5c4c3)nc(-c3cccc4sc5c(-c6ccc(-c7nc8ccccc8s7)cc6)cccc5c34)n2)cc1. The summed E-state index contributed by atoms with van der Waals surface area (Å²) in [7, 11) is 0. The molecule has 0 amide bonds. The Bertz CT molecular complexity index is 3150. The molecule has 53 heavy (non-hydrogen) atoms. The van der Waals surface area contributed by atoms with Gasteiger partial charge in [-0.25, -0.2) is 19.9 Å². The van der Waals surface area contributed by atoms with Gasteiger partial charge < -0.3 is 4.42 Å². The average molecular weight is 715 g/mol. The van der Waals surface area contributed by atoms with Crippen LogP contribution >= 0.6 is 22.7 Å². The Morgan fingerprint density at radius 3 is 1.94 bits per heavy atom. The number of furan rings is 1. The van der Waals surface area contributed by atoms with E-state index in [-0.39, 0.29) is 0 Å². The molecule has 0 aliphatic heterocycles. The van der Waals surface area contributed by atoms with Gasteiger partial charge in [-0.1, -0.05) is 115 Å². The summed E-state index contributed by atoms with van der Waals surface area (Å²) >= 11 is 3.54. The van der Waals surface area contributed by atoms with Crippen LogP contribution in [0, 0.1) is 0 Å². The second-order valence-electron chi connectivity index (χ2n) is 13.0. The second kappa shape index (κ2) is 12.0. The van der Waals surface area contributed by atoms with Gasteiger partial charge in [0.1, 0.15) is 16.2 Å². The maximum Gasteiger partial charge on any atom is 0.164 e. The van der Waals surface area contributed by atoms with Gasteiger partial charge in [0.25, 0.3) is 0 Å². The maximum atomic E-state index is 6.13. The van der Waals surface area contributed by atoms with Crippen molar-refractivity contribution in [2.75, 3.05) is 0 Å². The molecule has 0 bridgehead atoms. The van der Waals surface area contributed by atoms with Crippen LogP contribution in [-0.2, 0) is 0 Å². The minimum absolute atomic E-state index is 0.617. The molecule has 7 aromatic carbocycles. The van der Waals surface area contributed by atoms with E-state index in [1.54, 1.807) is 11.3 Å². The van der Waals surface area contributed by atoms with Gasteiger partial charge in [-0.3, -0.25) is 0 Å². The van der Waals surface area contributed by atoms with Crippen LogP contribution in [0.15, 0.2) is 162 Å². The standard InChI is InChI=1S/C46H26N4OS2/c1-2-10-28(11-3-1)43-48-44(30-24-25-38-35(26-30)32-12-4-6-17-37(32)51-38)50-45(49-43)34-15-9-19-40-41(34)33-14-8-13-31(42(33)52-40)27-20-22-29(23-21-27)46-47-36-16-5-7-18-39(36)53-46/h1-26H. The smallest absolute Gasteiger partial charge is 0.164 e. The highest BCUT2D eigenvalue weighted by Crippen LogP contribution is 2.44. The van der Waals surface area contributed by atoms with Crippen LogP contribution in [0.4, 0.5) is 0 Å². The molecule has 0 aliphatic carbocycles. The first-order valence-corrected chi connectivity index (χ1v) is 19.0. The third-order valence-electron chi connectivity index (χ3n) is 9.80. The molecule has 0 saturated heterocycles. The van der Waals surface area contributed by atoms with Gasteiger partial charge in [0.2, 0.25) is 0 Å². The van der Waals surface area contributed by atoms with Gasteiger partial charge in [-0.05, 0) is 53.6 Å². The number of thiophene rings is 1. The zero-order valence-corrected chi connectivity index (χ0v) is 29.7. The number of hydrogen-bond donors (Lipinski definition) is 0. The van der Waals surface area contributed by atoms with E-state index in [0.29, 0.717) is 17.5 Å². The van der Waals surface area contributed by atoms with Crippen molar-refractivity contribution < 1.29 is 4.42 Å².